The lowest BCUT2D eigenvalue weighted by atomic mass is 9.85. The van der Waals surface area contributed by atoms with Crippen molar-refractivity contribution in [3.63, 3.8) is 0 Å². The maximum Gasteiger partial charge on any atom is 0.216 e. The molecule has 84 valence electrons. The number of rotatable bonds is 4. The summed E-state index contributed by atoms with van der Waals surface area (Å²) >= 11 is 3.50. The Kier molecular flexibility index (Phi) is 4.00. The van der Waals surface area contributed by atoms with Crippen LogP contribution in [0.1, 0.15) is 26.7 Å². The molecule has 0 atom stereocenters. The van der Waals surface area contributed by atoms with E-state index < -0.39 is 10.0 Å². The molecule has 0 aromatic carbocycles. The van der Waals surface area contributed by atoms with E-state index in [4.69, 9.17) is 0 Å². The maximum absolute atomic E-state index is 11.7. The van der Waals surface area contributed by atoms with E-state index in [0.717, 1.165) is 12.8 Å². The van der Waals surface area contributed by atoms with Crippen molar-refractivity contribution in [3.8, 4) is 0 Å². The van der Waals surface area contributed by atoms with Crippen LogP contribution in [0.5, 0.6) is 0 Å². The molecule has 14 heavy (non-hydrogen) atoms. The highest BCUT2D eigenvalue weighted by atomic mass is 79.9. The summed E-state index contributed by atoms with van der Waals surface area (Å²) in [5.41, 5.74) is 0. The number of nitrogens with zero attached hydrogens (tertiary/aromatic N) is 1. The van der Waals surface area contributed by atoms with Gasteiger partial charge in [-0.15, -0.1) is 0 Å². The number of halogens is 1. The van der Waals surface area contributed by atoms with Crippen molar-refractivity contribution < 1.29 is 8.42 Å². The first-order valence-electron chi connectivity index (χ1n) is 4.93. The molecular weight excluding hydrogens is 266 g/mol. The monoisotopic (exact) mass is 283 g/mol. The van der Waals surface area contributed by atoms with E-state index in [9.17, 15) is 8.42 Å². The molecule has 1 aliphatic carbocycles. The second kappa shape index (κ2) is 4.49. The fraction of sp³-hybridized carbons (Fsp3) is 1.00. The zero-order chi connectivity index (χ0) is 10.9. The standard InChI is InChI=1S/C9H18BrNO2S/c1-7(2)14(12,13)11(3)6-8-4-9(10)5-8/h7-9H,4-6H2,1-3H3. The highest BCUT2D eigenvalue weighted by Gasteiger charge is 2.31. The van der Waals surface area contributed by atoms with Crippen molar-refractivity contribution in [3.05, 3.63) is 0 Å². The molecule has 1 saturated carbocycles. The van der Waals surface area contributed by atoms with Crippen LogP contribution < -0.4 is 0 Å². The molecule has 0 saturated heterocycles. The molecule has 3 nitrogen and oxygen atoms in total. The summed E-state index contributed by atoms with van der Waals surface area (Å²) in [5.74, 6) is 0.540. The van der Waals surface area contributed by atoms with Crippen LogP contribution in [0.15, 0.2) is 0 Å². The molecule has 0 spiro atoms. The van der Waals surface area contributed by atoms with Gasteiger partial charge in [0.25, 0.3) is 0 Å². The number of hydrogen-bond acceptors (Lipinski definition) is 2. The Labute approximate surface area is 95.0 Å². The van der Waals surface area contributed by atoms with Crippen molar-refractivity contribution >= 4 is 26.0 Å². The Morgan fingerprint density at radius 3 is 2.29 bits per heavy atom. The van der Waals surface area contributed by atoms with Gasteiger partial charge >= 0.3 is 0 Å². The van der Waals surface area contributed by atoms with Crippen molar-refractivity contribution in [2.24, 2.45) is 5.92 Å². The van der Waals surface area contributed by atoms with E-state index in [1.165, 1.54) is 4.31 Å². The van der Waals surface area contributed by atoms with E-state index in [0.29, 0.717) is 17.3 Å². The third-order valence-electron chi connectivity index (χ3n) is 2.72. The first-order valence-corrected chi connectivity index (χ1v) is 7.35. The molecule has 0 unspecified atom stereocenters. The lowest BCUT2D eigenvalue weighted by Gasteiger charge is -2.34. The average Bonchev–Trinajstić information content (AvgIpc) is 2.01. The van der Waals surface area contributed by atoms with Crippen LogP contribution in [0.3, 0.4) is 0 Å². The summed E-state index contributed by atoms with van der Waals surface area (Å²) in [6, 6.07) is 0. The van der Waals surface area contributed by atoms with Gasteiger partial charge in [-0.05, 0) is 32.6 Å². The maximum atomic E-state index is 11.7. The minimum absolute atomic E-state index is 0.313. The molecule has 0 amide bonds. The first kappa shape index (κ1) is 12.5. The molecule has 0 aliphatic heterocycles. The highest BCUT2D eigenvalue weighted by Crippen LogP contribution is 2.34. The average molecular weight is 284 g/mol. The largest absolute Gasteiger partial charge is 0.216 e. The summed E-state index contributed by atoms with van der Waals surface area (Å²) in [4.78, 5) is 0.600. The summed E-state index contributed by atoms with van der Waals surface area (Å²) in [5, 5.41) is -0.313. The van der Waals surface area contributed by atoms with Crippen LogP contribution in [-0.4, -0.2) is 36.4 Å². The van der Waals surface area contributed by atoms with Gasteiger partial charge in [0.15, 0.2) is 0 Å². The van der Waals surface area contributed by atoms with Gasteiger partial charge in [0.1, 0.15) is 0 Å². The van der Waals surface area contributed by atoms with Gasteiger partial charge in [-0.2, -0.15) is 0 Å². The summed E-state index contributed by atoms with van der Waals surface area (Å²) in [6.45, 7) is 4.11. The fourth-order valence-electron chi connectivity index (χ4n) is 1.63. The van der Waals surface area contributed by atoms with Crippen LogP contribution in [0.4, 0.5) is 0 Å². The molecule has 0 bridgehead atoms. The quantitative estimate of drug-likeness (QED) is 0.739. The first-order chi connectivity index (χ1) is 6.34. The summed E-state index contributed by atoms with van der Waals surface area (Å²) in [7, 11) is -1.37. The lowest BCUT2D eigenvalue weighted by molar-refractivity contribution is 0.274. The molecular formula is C9H18BrNO2S. The van der Waals surface area contributed by atoms with Gasteiger partial charge in [0.2, 0.25) is 10.0 Å². The third kappa shape index (κ3) is 2.70. The van der Waals surface area contributed by atoms with Gasteiger partial charge in [-0.25, -0.2) is 12.7 Å². The number of sulfonamides is 1. The molecule has 5 heteroatoms. The van der Waals surface area contributed by atoms with E-state index in [1.54, 1.807) is 20.9 Å². The molecule has 1 aliphatic rings. The summed E-state index contributed by atoms with van der Waals surface area (Å²) in [6.07, 6.45) is 2.19. The molecule has 0 N–H and O–H groups in total. The van der Waals surface area contributed by atoms with Crippen LogP contribution in [0, 0.1) is 5.92 Å². The van der Waals surface area contributed by atoms with Crippen molar-refractivity contribution in [2.45, 2.75) is 36.8 Å². The predicted molar refractivity (Wildman–Crippen MR) is 62.1 cm³/mol. The Hall–Kier alpha value is 0.390. The third-order valence-corrected chi connectivity index (χ3v) is 5.68. The van der Waals surface area contributed by atoms with Crippen molar-refractivity contribution in [1.82, 2.24) is 4.31 Å². The Morgan fingerprint density at radius 1 is 1.43 bits per heavy atom. The van der Waals surface area contributed by atoms with E-state index >= 15 is 0 Å². The van der Waals surface area contributed by atoms with Crippen LogP contribution in [-0.2, 0) is 10.0 Å². The van der Waals surface area contributed by atoms with Crippen LogP contribution in [0.25, 0.3) is 0 Å². The zero-order valence-corrected chi connectivity index (χ0v) is 11.3. The fourth-order valence-corrected chi connectivity index (χ4v) is 3.83. The van der Waals surface area contributed by atoms with Crippen molar-refractivity contribution in [2.75, 3.05) is 13.6 Å². The topological polar surface area (TPSA) is 37.4 Å². The smallest absolute Gasteiger partial charge is 0.212 e. The lowest BCUT2D eigenvalue weighted by Crippen LogP contribution is -2.40. The van der Waals surface area contributed by atoms with Crippen LogP contribution >= 0.6 is 15.9 Å². The minimum atomic E-state index is -3.05. The predicted octanol–water partition coefficient (Wildman–Crippen LogP) is 1.83. The number of alkyl halides is 1. The van der Waals surface area contributed by atoms with E-state index in [1.807, 2.05) is 0 Å². The van der Waals surface area contributed by atoms with Gasteiger partial charge in [0.05, 0.1) is 5.25 Å². The van der Waals surface area contributed by atoms with Crippen LogP contribution in [0.2, 0.25) is 0 Å². The number of hydrogen-bond donors (Lipinski definition) is 0. The van der Waals surface area contributed by atoms with Gasteiger partial charge in [-0.1, -0.05) is 15.9 Å². The van der Waals surface area contributed by atoms with Gasteiger partial charge < -0.3 is 0 Å². The second-order valence-corrected chi connectivity index (χ2v) is 8.20. The normalized spacial score (nSPS) is 28.1. The highest BCUT2D eigenvalue weighted by molar-refractivity contribution is 9.09. The van der Waals surface area contributed by atoms with E-state index in [-0.39, 0.29) is 5.25 Å². The zero-order valence-electron chi connectivity index (χ0n) is 8.90. The van der Waals surface area contributed by atoms with E-state index in [2.05, 4.69) is 15.9 Å². The molecule has 1 fully saturated rings. The van der Waals surface area contributed by atoms with Gasteiger partial charge in [-0.3, -0.25) is 0 Å². The Morgan fingerprint density at radius 2 is 1.93 bits per heavy atom. The molecule has 1 rings (SSSR count). The molecule has 0 aromatic rings. The minimum Gasteiger partial charge on any atom is -0.212 e. The second-order valence-electron chi connectivity index (χ2n) is 4.31. The Bertz CT molecular complexity index is 283. The van der Waals surface area contributed by atoms with Gasteiger partial charge in [0, 0.05) is 18.4 Å². The molecule has 0 heterocycles. The summed E-state index contributed by atoms with van der Waals surface area (Å²) < 4.78 is 24.9. The molecule has 0 aromatic heterocycles. The van der Waals surface area contributed by atoms with Crippen molar-refractivity contribution in [1.29, 1.82) is 0 Å². The Balaban J connectivity index is 2.46. The molecule has 0 radical (unpaired) electrons. The SMILES string of the molecule is CC(C)S(=O)(=O)N(C)CC1CC(Br)C1.